The zero-order valence-corrected chi connectivity index (χ0v) is 9.10. The molecule has 0 radical (unpaired) electrons. The van der Waals surface area contributed by atoms with E-state index in [4.69, 9.17) is 4.84 Å². The highest BCUT2D eigenvalue weighted by Gasteiger charge is 2.00. The van der Waals surface area contributed by atoms with Gasteiger partial charge in [0.05, 0.1) is 22.8 Å². The molecule has 5 heteroatoms. The Morgan fingerprint density at radius 1 is 1.33 bits per heavy atom. The van der Waals surface area contributed by atoms with Crippen LogP contribution in [0, 0.1) is 4.91 Å². The van der Waals surface area contributed by atoms with Gasteiger partial charge in [0, 0.05) is 7.05 Å². The minimum absolute atomic E-state index is 0.115. The largest absolute Gasteiger partial charge is 0.273 e. The molecule has 0 saturated heterocycles. The molecular formula is C10H15N3O2. The maximum Gasteiger partial charge on any atom is 0.0797 e. The Morgan fingerprint density at radius 3 is 2.40 bits per heavy atom. The second kappa shape index (κ2) is 5.31. The van der Waals surface area contributed by atoms with E-state index in [0.717, 1.165) is 11.4 Å². The Bertz CT molecular complexity index is 311. The maximum absolute atomic E-state index is 10.2. The second-order valence-electron chi connectivity index (χ2n) is 3.42. The fourth-order valence-corrected chi connectivity index (χ4v) is 0.978. The van der Waals surface area contributed by atoms with Gasteiger partial charge in [0.1, 0.15) is 0 Å². The van der Waals surface area contributed by atoms with Crippen molar-refractivity contribution < 1.29 is 4.84 Å². The Kier molecular flexibility index (Phi) is 4.05. The van der Waals surface area contributed by atoms with Crippen molar-refractivity contribution in [1.82, 2.24) is 0 Å². The van der Waals surface area contributed by atoms with Crippen molar-refractivity contribution in [2.24, 2.45) is 5.29 Å². The average molecular weight is 209 g/mol. The summed E-state index contributed by atoms with van der Waals surface area (Å²) in [5.74, 6) is 0. The van der Waals surface area contributed by atoms with Crippen LogP contribution >= 0.6 is 0 Å². The molecule has 0 heterocycles. The molecule has 0 amide bonds. The van der Waals surface area contributed by atoms with Gasteiger partial charge in [0.2, 0.25) is 0 Å². The van der Waals surface area contributed by atoms with Crippen LogP contribution in [-0.2, 0) is 4.84 Å². The molecular weight excluding hydrogens is 194 g/mol. The van der Waals surface area contributed by atoms with Crippen molar-refractivity contribution >= 4 is 11.4 Å². The summed E-state index contributed by atoms with van der Waals surface area (Å²) in [5, 5.41) is 4.05. The molecule has 82 valence electrons. The molecule has 0 aromatic heterocycles. The van der Waals surface area contributed by atoms with Gasteiger partial charge < -0.3 is 0 Å². The minimum Gasteiger partial charge on any atom is -0.273 e. The van der Waals surface area contributed by atoms with E-state index in [-0.39, 0.29) is 6.10 Å². The smallest absolute Gasteiger partial charge is 0.0797 e. The normalized spacial score (nSPS) is 10.1. The fraction of sp³-hybridized carbons (Fsp3) is 0.400. The van der Waals surface area contributed by atoms with Crippen LogP contribution < -0.4 is 10.5 Å². The van der Waals surface area contributed by atoms with E-state index in [1.54, 1.807) is 19.2 Å². The van der Waals surface area contributed by atoms with Crippen LogP contribution in [-0.4, -0.2) is 13.2 Å². The van der Waals surface area contributed by atoms with Crippen LogP contribution in [0.2, 0.25) is 0 Å². The van der Waals surface area contributed by atoms with Gasteiger partial charge in [-0.3, -0.25) is 10.3 Å². The number of rotatable bonds is 5. The highest BCUT2D eigenvalue weighted by Crippen LogP contribution is 2.16. The summed E-state index contributed by atoms with van der Waals surface area (Å²) in [6, 6.07) is 7.21. The molecule has 0 aliphatic rings. The molecule has 1 aromatic carbocycles. The molecule has 1 rings (SSSR count). The van der Waals surface area contributed by atoms with Gasteiger partial charge in [-0.1, -0.05) is 0 Å². The van der Waals surface area contributed by atoms with E-state index in [2.05, 4.69) is 10.8 Å². The summed E-state index contributed by atoms with van der Waals surface area (Å²) in [4.78, 5) is 15.4. The van der Waals surface area contributed by atoms with Crippen molar-refractivity contribution in [3.63, 3.8) is 0 Å². The zero-order valence-electron chi connectivity index (χ0n) is 9.10. The lowest BCUT2D eigenvalue weighted by Crippen LogP contribution is -2.09. The molecule has 0 atom stereocenters. The minimum atomic E-state index is 0.115. The van der Waals surface area contributed by atoms with Crippen LogP contribution in [0.3, 0.4) is 0 Å². The van der Waals surface area contributed by atoms with Gasteiger partial charge in [0.25, 0.3) is 0 Å². The zero-order chi connectivity index (χ0) is 11.3. The van der Waals surface area contributed by atoms with Gasteiger partial charge in [-0.25, -0.2) is 5.01 Å². The first-order chi connectivity index (χ1) is 7.13. The number of hydrogen-bond donors (Lipinski definition) is 1. The number of hydrogen-bond acceptors (Lipinski definition) is 4. The number of benzene rings is 1. The molecule has 5 nitrogen and oxygen atoms in total. The van der Waals surface area contributed by atoms with Gasteiger partial charge in [0.15, 0.2) is 0 Å². The van der Waals surface area contributed by atoms with Crippen molar-refractivity contribution in [2.75, 3.05) is 17.5 Å². The summed E-state index contributed by atoms with van der Waals surface area (Å²) in [6.45, 7) is 3.87. The molecule has 0 aliphatic heterocycles. The highest BCUT2D eigenvalue weighted by atomic mass is 16.7. The van der Waals surface area contributed by atoms with Gasteiger partial charge >= 0.3 is 0 Å². The number of nitrogens with zero attached hydrogens (tertiary/aromatic N) is 2. The first-order valence-electron chi connectivity index (χ1n) is 4.72. The third-order valence-electron chi connectivity index (χ3n) is 1.78. The first kappa shape index (κ1) is 11.5. The lowest BCUT2D eigenvalue weighted by Gasteiger charge is -2.12. The van der Waals surface area contributed by atoms with Crippen molar-refractivity contribution in [1.29, 1.82) is 0 Å². The van der Waals surface area contributed by atoms with E-state index in [1.165, 1.54) is 5.01 Å². The predicted molar refractivity (Wildman–Crippen MR) is 60.5 cm³/mol. The van der Waals surface area contributed by atoms with Crippen molar-refractivity contribution in [2.45, 2.75) is 20.0 Å². The van der Waals surface area contributed by atoms with E-state index in [0.29, 0.717) is 0 Å². The number of nitrogens with one attached hydrogen (secondary N) is 1. The monoisotopic (exact) mass is 209 g/mol. The average Bonchev–Trinajstić information content (AvgIpc) is 2.26. The second-order valence-corrected chi connectivity index (χ2v) is 3.42. The molecule has 0 fully saturated rings. The molecule has 0 spiro atoms. The van der Waals surface area contributed by atoms with Gasteiger partial charge in [-0.2, -0.15) is 0 Å². The molecule has 1 N–H and O–H groups in total. The van der Waals surface area contributed by atoms with E-state index < -0.39 is 0 Å². The van der Waals surface area contributed by atoms with E-state index in [1.807, 2.05) is 26.0 Å². The number of nitroso groups, excluding NO2 is 1. The third-order valence-corrected chi connectivity index (χ3v) is 1.78. The predicted octanol–water partition coefficient (Wildman–Crippen LogP) is 2.56. The quantitative estimate of drug-likeness (QED) is 0.598. The highest BCUT2D eigenvalue weighted by molar-refractivity contribution is 5.53. The van der Waals surface area contributed by atoms with Crippen LogP contribution in [0.5, 0.6) is 0 Å². The molecule has 1 aromatic rings. The van der Waals surface area contributed by atoms with E-state index >= 15 is 0 Å². The summed E-state index contributed by atoms with van der Waals surface area (Å²) in [6.07, 6.45) is 0.115. The molecule has 15 heavy (non-hydrogen) atoms. The van der Waals surface area contributed by atoms with Crippen LogP contribution in [0.25, 0.3) is 0 Å². The Balaban J connectivity index is 2.60. The molecule has 0 unspecified atom stereocenters. The topological polar surface area (TPSA) is 53.9 Å². The lowest BCUT2D eigenvalue weighted by atomic mass is 10.3. The van der Waals surface area contributed by atoms with Crippen LogP contribution in [0.15, 0.2) is 29.6 Å². The van der Waals surface area contributed by atoms with Crippen molar-refractivity contribution in [3.05, 3.63) is 29.2 Å². The molecule has 0 bridgehead atoms. The first-order valence-corrected chi connectivity index (χ1v) is 4.72. The van der Waals surface area contributed by atoms with Crippen molar-refractivity contribution in [3.8, 4) is 0 Å². The van der Waals surface area contributed by atoms with E-state index in [9.17, 15) is 4.91 Å². The fourth-order valence-electron chi connectivity index (χ4n) is 0.978. The third kappa shape index (κ3) is 3.55. The summed E-state index contributed by atoms with van der Waals surface area (Å²) in [7, 11) is 1.60. The standard InChI is InChI=1S/C10H15N3O2/c1-8(2)15-11-9-4-6-10(7-5-9)13(3)12-14/h4-8,11H,1-3H3. The Morgan fingerprint density at radius 2 is 1.93 bits per heavy atom. The van der Waals surface area contributed by atoms with Gasteiger partial charge in [-0.15, -0.1) is 4.91 Å². The summed E-state index contributed by atoms with van der Waals surface area (Å²) in [5.41, 5.74) is 4.38. The Labute approximate surface area is 88.9 Å². The Hall–Kier alpha value is -1.62. The number of anilines is 2. The molecule has 0 aliphatic carbocycles. The molecule has 0 saturated carbocycles. The summed E-state index contributed by atoms with van der Waals surface area (Å²) >= 11 is 0. The maximum atomic E-state index is 10.2. The van der Waals surface area contributed by atoms with Gasteiger partial charge in [-0.05, 0) is 38.1 Å². The van der Waals surface area contributed by atoms with Crippen LogP contribution in [0.1, 0.15) is 13.8 Å². The summed E-state index contributed by atoms with van der Waals surface area (Å²) < 4.78 is 0. The lowest BCUT2D eigenvalue weighted by molar-refractivity contribution is 0.130. The SMILES string of the molecule is CC(C)ONc1ccc(N(C)N=O)cc1. The van der Waals surface area contributed by atoms with Crippen LogP contribution in [0.4, 0.5) is 11.4 Å².